The first-order chi connectivity index (χ1) is 9.34. The van der Waals surface area contributed by atoms with Crippen LogP contribution < -0.4 is 5.32 Å². The van der Waals surface area contributed by atoms with E-state index in [2.05, 4.69) is 49.4 Å². The van der Waals surface area contributed by atoms with Crippen LogP contribution >= 0.6 is 27.3 Å². The molecule has 2 aromatic heterocycles. The minimum absolute atomic E-state index is 0.792. The van der Waals surface area contributed by atoms with Gasteiger partial charge in [0, 0.05) is 40.7 Å². The number of fused-ring (bicyclic) bond motifs is 1. The Labute approximate surface area is 123 Å². The fourth-order valence-electron chi connectivity index (χ4n) is 1.98. The van der Waals surface area contributed by atoms with Crippen LogP contribution in [0.2, 0.25) is 0 Å². The summed E-state index contributed by atoms with van der Waals surface area (Å²) in [4.78, 5) is 8.73. The van der Waals surface area contributed by atoms with Gasteiger partial charge in [-0.1, -0.05) is 28.1 Å². The highest BCUT2D eigenvalue weighted by atomic mass is 79.9. The van der Waals surface area contributed by atoms with E-state index < -0.39 is 0 Å². The minimum Gasteiger partial charge on any atom is -0.306 e. The zero-order chi connectivity index (χ0) is 13.1. The lowest BCUT2D eigenvalue weighted by Gasteiger charge is -2.08. The van der Waals surface area contributed by atoms with Crippen LogP contribution in [0.15, 0.2) is 46.5 Å². The van der Waals surface area contributed by atoms with Crippen molar-refractivity contribution in [3.8, 4) is 0 Å². The fourth-order valence-corrected chi connectivity index (χ4v) is 3.02. The second-order valence-electron chi connectivity index (χ2n) is 4.14. The summed E-state index contributed by atoms with van der Waals surface area (Å²) in [6.07, 6.45) is 3.66. The average Bonchev–Trinajstić information content (AvgIpc) is 2.95. The van der Waals surface area contributed by atoms with Crippen molar-refractivity contribution in [1.29, 1.82) is 0 Å². The Morgan fingerprint density at radius 3 is 2.89 bits per heavy atom. The molecular formula is C14H12BrN3S. The summed E-state index contributed by atoms with van der Waals surface area (Å²) >= 11 is 5.23. The summed E-state index contributed by atoms with van der Waals surface area (Å²) < 4.78 is 1.08. The highest BCUT2D eigenvalue weighted by molar-refractivity contribution is 9.10. The zero-order valence-electron chi connectivity index (χ0n) is 10.1. The summed E-state index contributed by atoms with van der Waals surface area (Å²) in [6.45, 7) is 1.59. The number of hydrogen-bond donors (Lipinski definition) is 1. The quantitative estimate of drug-likeness (QED) is 0.790. The van der Waals surface area contributed by atoms with Crippen LogP contribution in [0.5, 0.6) is 0 Å². The molecule has 1 aromatic carbocycles. The molecule has 0 saturated carbocycles. The van der Waals surface area contributed by atoms with Gasteiger partial charge in [-0.25, -0.2) is 4.98 Å². The average molecular weight is 334 g/mol. The second-order valence-corrected chi connectivity index (χ2v) is 5.97. The number of rotatable bonds is 4. The standard InChI is InChI=1S/C14H12BrN3S/c15-12-4-3-10(14-11(12)2-1-5-18-14)8-16-9-13-17-6-7-19-13/h1-7,16H,8-9H2. The van der Waals surface area contributed by atoms with Gasteiger partial charge in [0.05, 0.1) is 5.52 Å². The second kappa shape index (κ2) is 5.77. The monoisotopic (exact) mass is 333 g/mol. The van der Waals surface area contributed by atoms with Crippen LogP contribution in [0.3, 0.4) is 0 Å². The molecule has 96 valence electrons. The molecule has 0 aliphatic carbocycles. The number of benzene rings is 1. The molecule has 0 aliphatic rings. The van der Waals surface area contributed by atoms with E-state index in [1.807, 2.05) is 23.8 Å². The molecule has 0 amide bonds. The van der Waals surface area contributed by atoms with Crippen LogP contribution in [0.25, 0.3) is 10.9 Å². The Morgan fingerprint density at radius 2 is 2.05 bits per heavy atom. The smallest absolute Gasteiger partial charge is 0.106 e. The van der Waals surface area contributed by atoms with Gasteiger partial charge < -0.3 is 5.32 Å². The SMILES string of the molecule is Brc1ccc(CNCc2nccs2)c2ncccc12. The molecule has 0 spiro atoms. The van der Waals surface area contributed by atoms with E-state index in [9.17, 15) is 0 Å². The van der Waals surface area contributed by atoms with Crippen molar-refractivity contribution in [3.05, 3.63) is 57.1 Å². The van der Waals surface area contributed by atoms with E-state index in [1.54, 1.807) is 11.3 Å². The van der Waals surface area contributed by atoms with Crippen LogP contribution in [-0.2, 0) is 13.1 Å². The van der Waals surface area contributed by atoms with Crippen molar-refractivity contribution < 1.29 is 0 Å². The van der Waals surface area contributed by atoms with Gasteiger partial charge in [-0.05, 0) is 17.7 Å². The molecule has 0 unspecified atom stereocenters. The van der Waals surface area contributed by atoms with Gasteiger partial charge in [-0.15, -0.1) is 11.3 Å². The summed E-state index contributed by atoms with van der Waals surface area (Å²) in [5.41, 5.74) is 2.25. The maximum absolute atomic E-state index is 4.47. The molecule has 3 aromatic rings. The summed E-state index contributed by atoms with van der Waals surface area (Å²) in [7, 11) is 0. The van der Waals surface area contributed by atoms with Gasteiger partial charge in [0.25, 0.3) is 0 Å². The molecule has 5 heteroatoms. The molecule has 19 heavy (non-hydrogen) atoms. The van der Waals surface area contributed by atoms with Gasteiger partial charge in [0.15, 0.2) is 0 Å². The number of pyridine rings is 1. The Hall–Kier alpha value is -1.30. The Morgan fingerprint density at radius 1 is 1.11 bits per heavy atom. The molecule has 0 radical (unpaired) electrons. The highest BCUT2D eigenvalue weighted by Crippen LogP contribution is 2.25. The topological polar surface area (TPSA) is 37.8 Å². The summed E-state index contributed by atoms with van der Waals surface area (Å²) in [5.74, 6) is 0. The summed E-state index contributed by atoms with van der Waals surface area (Å²) in [6, 6.07) is 8.22. The lowest BCUT2D eigenvalue weighted by atomic mass is 10.1. The lowest BCUT2D eigenvalue weighted by molar-refractivity contribution is 0.692. The van der Waals surface area contributed by atoms with Crippen molar-refractivity contribution >= 4 is 38.2 Å². The van der Waals surface area contributed by atoms with E-state index >= 15 is 0 Å². The van der Waals surface area contributed by atoms with Crippen LogP contribution in [-0.4, -0.2) is 9.97 Å². The third kappa shape index (κ3) is 2.83. The number of nitrogens with one attached hydrogen (secondary N) is 1. The van der Waals surface area contributed by atoms with Gasteiger partial charge in [0.1, 0.15) is 5.01 Å². The molecule has 2 heterocycles. The van der Waals surface area contributed by atoms with Crippen molar-refractivity contribution in [2.75, 3.05) is 0 Å². The molecule has 3 rings (SSSR count). The van der Waals surface area contributed by atoms with Crippen molar-refractivity contribution in [2.45, 2.75) is 13.1 Å². The van der Waals surface area contributed by atoms with Crippen LogP contribution in [0.1, 0.15) is 10.6 Å². The van der Waals surface area contributed by atoms with Gasteiger partial charge >= 0.3 is 0 Å². The Bertz CT molecular complexity index is 682. The Balaban J connectivity index is 1.79. The van der Waals surface area contributed by atoms with E-state index in [0.29, 0.717) is 0 Å². The first-order valence-electron chi connectivity index (χ1n) is 5.96. The van der Waals surface area contributed by atoms with Crippen LogP contribution in [0.4, 0.5) is 0 Å². The number of thiazole rings is 1. The molecule has 0 saturated heterocycles. The normalized spacial score (nSPS) is 11.0. The molecular weight excluding hydrogens is 322 g/mol. The van der Waals surface area contributed by atoms with Crippen LogP contribution in [0, 0.1) is 0 Å². The largest absolute Gasteiger partial charge is 0.306 e. The number of nitrogens with zero attached hydrogens (tertiary/aromatic N) is 2. The first-order valence-corrected chi connectivity index (χ1v) is 7.63. The van der Waals surface area contributed by atoms with Crippen molar-refractivity contribution in [1.82, 2.24) is 15.3 Å². The summed E-state index contributed by atoms with van der Waals surface area (Å²) in [5, 5.41) is 7.66. The molecule has 3 nitrogen and oxygen atoms in total. The van der Waals surface area contributed by atoms with E-state index in [4.69, 9.17) is 0 Å². The molecule has 0 atom stereocenters. The van der Waals surface area contributed by atoms with Crippen molar-refractivity contribution in [2.24, 2.45) is 0 Å². The number of aromatic nitrogens is 2. The number of hydrogen-bond acceptors (Lipinski definition) is 4. The van der Waals surface area contributed by atoms with Crippen molar-refractivity contribution in [3.63, 3.8) is 0 Å². The lowest BCUT2D eigenvalue weighted by Crippen LogP contribution is -2.13. The predicted molar refractivity (Wildman–Crippen MR) is 82.1 cm³/mol. The fraction of sp³-hybridized carbons (Fsp3) is 0.143. The first kappa shape index (κ1) is 12.7. The zero-order valence-corrected chi connectivity index (χ0v) is 12.5. The third-order valence-corrected chi connectivity index (χ3v) is 4.35. The van der Waals surface area contributed by atoms with Gasteiger partial charge in [0.2, 0.25) is 0 Å². The third-order valence-electron chi connectivity index (χ3n) is 2.88. The van der Waals surface area contributed by atoms with Gasteiger partial charge in [-0.3, -0.25) is 4.98 Å². The molecule has 0 bridgehead atoms. The molecule has 1 N–H and O–H groups in total. The maximum atomic E-state index is 4.47. The number of halogens is 1. The predicted octanol–water partition coefficient (Wildman–Crippen LogP) is 3.74. The Kier molecular flexibility index (Phi) is 3.87. The van der Waals surface area contributed by atoms with E-state index in [0.717, 1.165) is 33.5 Å². The molecule has 0 aliphatic heterocycles. The highest BCUT2D eigenvalue weighted by Gasteiger charge is 2.05. The van der Waals surface area contributed by atoms with E-state index in [-0.39, 0.29) is 0 Å². The maximum Gasteiger partial charge on any atom is 0.106 e. The minimum atomic E-state index is 0.792. The molecule has 0 fully saturated rings. The van der Waals surface area contributed by atoms with E-state index in [1.165, 1.54) is 5.56 Å². The van der Waals surface area contributed by atoms with Gasteiger partial charge in [-0.2, -0.15) is 0 Å².